The van der Waals surface area contributed by atoms with Gasteiger partial charge in [-0.2, -0.15) is 0 Å². The molecule has 1 aromatic carbocycles. The van der Waals surface area contributed by atoms with E-state index in [1.165, 1.54) is 0 Å². The van der Waals surface area contributed by atoms with Crippen molar-refractivity contribution in [1.29, 1.82) is 0 Å². The molecule has 0 radical (unpaired) electrons. The Kier molecular flexibility index (Phi) is 3.48. The molecule has 0 aliphatic carbocycles. The predicted octanol–water partition coefficient (Wildman–Crippen LogP) is 3.72. The van der Waals surface area contributed by atoms with Gasteiger partial charge in [-0.25, -0.2) is 0 Å². The third-order valence-electron chi connectivity index (χ3n) is 1.39. The lowest BCUT2D eigenvalue weighted by molar-refractivity contribution is 0.597. The van der Waals surface area contributed by atoms with Crippen molar-refractivity contribution in [3.63, 3.8) is 0 Å². The summed E-state index contributed by atoms with van der Waals surface area (Å²) in [6.45, 7) is 0. The lowest BCUT2D eigenvalue weighted by Crippen LogP contribution is -1.96. The summed E-state index contributed by atoms with van der Waals surface area (Å²) in [4.78, 5) is 0. The molecule has 0 saturated heterocycles. The molecule has 0 heterocycles. The standard InChI is InChI=1S/C7H6Cl3OP/c8-5-6-1-3-7(4-2-6)12(9,10)11/h1-4H,5H2. The molecule has 0 aliphatic heterocycles. The van der Waals surface area contributed by atoms with Crippen molar-refractivity contribution < 1.29 is 4.57 Å². The molecule has 0 amide bonds. The molecule has 0 saturated carbocycles. The minimum atomic E-state index is -3.15. The van der Waals surface area contributed by atoms with E-state index < -0.39 is 5.85 Å². The summed E-state index contributed by atoms with van der Waals surface area (Å²) in [7, 11) is 0. The van der Waals surface area contributed by atoms with E-state index in [1.54, 1.807) is 24.3 Å². The maximum atomic E-state index is 11.1. The summed E-state index contributed by atoms with van der Waals surface area (Å²) in [5.74, 6) is -2.72. The molecule has 5 heteroatoms. The summed E-state index contributed by atoms with van der Waals surface area (Å²) in [5.41, 5.74) is 0.946. The number of rotatable bonds is 2. The van der Waals surface area contributed by atoms with Gasteiger partial charge in [-0.3, -0.25) is 4.57 Å². The molecular formula is C7H6Cl3OP. The number of benzene rings is 1. The Hall–Kier alpha value is 0.320. The zero-order valence-corrected chi connectivity index (χ0v) is 9.17. The van der Waals surface area contributed by atoms with Gasteiger partial charge in [-0.05, 0) is 40.2 Å². The second kappa shape index (κ2) is 4.02. The van der Waals surface area contributed by atoms with E-state index >= 15 is 0 Å². The Bertz CT molecular complexity index is 303. The third-order valence-corrected chi connectivity index (χ3v) is 3.77. The first-order chi connectivity index (χ1) is 5.54. The van der Waals surface area contributed by atoms with E-state index in [4.69, 9.17) is 34.1 Å². The van der Waals surface area contributed by atoms with Gasteiger partial charge in [0.25, 0.3) is 5.85 Å². The largest absolute Gasteiger partial charge is 0.284 e. The van der Waals surface area contributed by atoms with E-state index in [0.29, 0.717) is 11.2 Å². The van der Waals surface area contributed by atoms with Gasteiger partial charge in [0.2, 0.25) is 0 Å². The molecule has 0 atom stereocenters. The fraction of sp³-hybridized carbons (Fsp3) is 0.143. The minimum Gasteiger partial charge on any atom is -0.284 e. The zero-order chi connectivity index (χ0) is 9.19. The average molecular weight is 243 g/mol. The normalized spacial score (nSPS) is 11.6. The summed E-state index contributed by atoms with van der Waals surface area (Å²) in [5, 5.41) is 0.444. The van der Waals surface area contributed by atoms with Crippen molar-refractivity contribution in [3.8, 4) is 0 Å². The van der Waals surface area contributed by atoms with Gasteiger partial charge >= 0.3 is 0 Å². The summed E-state index contributed by atoms with van der Waals surface area (Å²) >= 11 is 16.4. The average Bonchev–Trinajstić information content (AvgIpc) is 2.03. The highest BCUT2D eigenvalue weighted by Crippen LogP contribution is 2.55. The Morgan fingerprint density at radius 1 is 1.17 bits per heavy atom. The fourth-order valence-electron chi connectivity index (χ4n) is 0.759. The van der Waals surface area contributed by atoms with E-state index in [1.807, 2.05) is 0 Å². The lowest BCUT2D eigenvalue weighted by Gasteiger charge is -2.01. The highest BCUT2D eigenvalue weighted by Gasteiger charge is 2.16. The first kappa shape index (κ1) is 10.4. The molecule has 0 fully saturated rings. The van der Waals surface area contributed by atoms with Crippen LogP contribution in [-0.2, 0) is 10.4 Å². The molecule has 0 aromatic heterocycles. The molecule has 0 aliphatic rings. The van der Waals surface area contributed by atoms with Crippen molar-refractivity contribution in [2.45, 2.75) is 5.88 Å². The van der Waals surface area contributed by atoms with Crippen molar-refractivity contribution in [1.82, 2.24) is 0 Å². The number of hydrogen-bond donors (Lipinski definition) is 0. The Labute approximate surface area is 85.6 Å². The first-order valence-corrected chi connectivity index (χ1v) is 7.24. The summed E-state index contributed by atoms with van der Waals surface area (Å²) < 4.78 is 11.1. The first-order valence-electron chi connectivity index (χ1n) is 3.19. The SMILES string of the molecule is O=P(Cl)(Cl)c1ccc(CCl)cc1. The molecule has 66 valence electrons. The molecule has 0 N–H and O–H groups in total. The lowest BCUT2D eigenvalue weighted by atomic mass is 10.2. The second-order valence-electron chi connectivity index (χ2n) is 2.26. The smallest absolute Gasteiger partial charge is 0.281 e. The quantitative estimate of drug-likeness (QED) is 0.571. The fourth-order valence-corrected chi connectivity index (χ4v) is 2.11. The van der Waals surface area contributed by atoms with Gasteiger partial charge in [-0.15, -0.1) is 11.6 Å². The van der Waals surface area contributed by atoms with Crippen LogP contribution in [0.1, 0.15) is 5.56 Å². The van der Waals surface area contributed by atoms with Crippen LogP contribution in [0.4, 0.5) is 0 Å². The van der Waals surface area contributed by atoms with Gasteiger partial charge in [0, 0.05) is 11.2 Å². The molecular weight excluding hydrogens is 237 g/mol. The van der Waals surface area contributed by atoms with Crippen LogP contribution < -0.4 is 5.30 Å². The highest BCUT2D eigenvalue weighted by molar-refractivity contribution is 8.13. The molecule has 0 spiro atoms. The van der Waals surface area contributed by atoms with Crippen molar-refractivity contribution in [2.24, 2.45) is 0 Å². The van der Waals surface area contributed by atoms with Gasteiger partial charge in [-0.1, -0.05) is 12.1 Å². The van der Waals surface area contributed by atoms with Crippen LogP contribution >= 0.6 is 39.9 Å². The minimum absolute atomic E-state index is 0.426. The topological polar surface area (TPSA) is 17.1 Å². The van der Waals surface area contributed by atoms with Crippen LogP contribution in [0.25, 0.3) is 0 Å². The van der Waals surface area contributed by atoms with E-state index in [9.17, 15) is 4.57 Å². The molecule has 1 aromatic rings. The van der Waals surface area contributed by atoms with Crippen molar-refractivity contribution >= 4 is 45.2 Å². The summed E-state index contributed by atoms with van der Waals surface area (Å²) in [6, 6.07) is 6.75. The Morgan fingerprint density at radius 3 is 2.00 bits per heavy atom. The monoisotopic (exact) mass is 242 g/mol. The molecule has 0 unspecified atom stereocenters. The Morgan fingerprint density at radius 2 is 1.67 bits per heavy atom. The molecule has 12 heavy (non-hydrogen) atoms. The van der Waals surface area contributed by atoms with E-state index in [0.717, 1.165) is 5.56 Å². The maximum Gasteiger partial charge on any atom is 0.281 e. The van der Waals surface area contributed by atoms with Crippen LogP contribution in [0.5, 0.6) is 0 Å². The van der Waals surface area contributed by atoms with Gasteiger partial charge in [0.1, 0.15) is 0 Å². The van der Waals surface area contributed by atoms with E-state index in [2.05, 4.69) is 0 Å². The zero-order valence-electron chi connectivity index (χ0n) is 6.01. The number of halogens is 3. The van der Waals surface area contributed by atoms with Crippen LogP contribution in [0.2, 0.25) is 0 Å². The molecule has 0 bridgehead atoms. The van der Waals surface area contributed by atoms with E-state index in [-0.39, 0.29) is 0 Å². The molecule has 1 rings (SSSR count). The second-order valence-corrected chi connectivity index (χ2v) is 7.35. The predicted molar refractivity (Wildman–Crippen MR) is 54.9 cm³/mol. The van der Waals surface area contributed by atoms with Gasteiger partial charge in [0.15, 0.2) is 0 Å². The van der Waals surface area contributed by atoms with Crippen LogP contribution in [0.3, 0.4) is 0 Å². The van der Waals surface area contributed by atoms with Crippen LogP contribution in [0, 0.1) is 0 Å². The number of alkyl halides is 1. The Balaban J connectivity index is 3.01. The van der Waals surface area contributed by atoms with Crippen LogP contribution in [0.15, 0.2) is 24.3 Å². The van der Waals surface area contributed by atoms with Gasteiger partial charge < -0.3 is 0 Å². The van der Waals surface area contributed by atoms with Crippen molar-refractivity contribution in [3.05, 3.63) is 29.8 Å². The van der Waals surface area contributed by atoms with Gasteiger partial charge in [0.05, 0.1) is 0 Å². The number of hydrogen-bond acceptors (Lipinski definition) is 1. The van der Waals surface area contributed by atoms with Crippen LogP contribution in [-0.4, -0.2) is 0 Å². The summed E-state index contributed by atoms with van der Waals surface area (Å²) in [6.07, 6.45) is 0. The van der Waals surface area contributed by atoms with Crippen molar-refractivity contribution in [2.75, 3.05) is 0 Å². The maximum absolute atomic E-state index is 11.1. The molecule has 1 nitrogen and oxygen atoms in total. The highest BCUT2D eigenvalue weighted by atomic mass is 35.9. The third kappa shape index (κ3) is 2.67.